The smallest absolute Gasteiger partial charge is 0.376 e. The maximum absolute atomic E-state index is 14.6. The summed E-state index contributed by atoms with van der Waals surface area (Å²) in [6.45, 7) is 0.446. The Morgan fingerprint density at radius 2 is 1.02 bits per heavy atom. The number of ether oxygens (including phenoxy) is 2. The minimum atomic E-state index is -5.91. The van der Waals surface area contributed by atoms with E-state index in [9.17, 15) is 70.2 Å². The molecule has 0 bridgehead atoms. The lowest BCUT2D eigenvalue weighted by atomic mass is 9.83. The molecule has 2 aliphatic carbocycles. The van der Waals surface area contributed by atoms with Gasteiger partial charge < -0.3 is 14.6 Å². The molecule has 0 spiro atoms. The number of rotatable bonds is 7. The summed E-state index contributed by atoms with van der Waals surface area (Å²) in [5, 5.41) is 9.11. The van der Waals surface area contributed by atoms with E-state index in [1.807, 2.05) is 0 Å². The molecule has 6 atom stereocenters. The van der Waals surface area contributed by atoms with Gasteiger partial charge in [0.2, 0.25) is 22.5 Å². The number of hydrogen-bond acceptors (Lipinski definition) is 3. The molecule has 246 valence electrons. The van der Waals surface area contributed by atoms with Crippen LogP contribution in [0.3, 0.4) is 0 Å². The Morgan fingerprint density at radius 3 is 1.27 bits per heavy atom. The molecular weight excluding hydrogens is 616 g/mol. The fraction of sp³-hybridized carbons (Fsp3) is 1.00. The number of aliphatic hydroxyl groups is 1. The zero-order valence-electron chi connectivity index (χ0n) is 22.0. The molecule has 19 heteroatoms. The lowest BCUT2D eigenvalue weighted by Gasteiger charge is -2.41. The zero-order chi connectivity index (χ0) is 33.1. The van der Waals surface area contributed by atoms with Crippen LogP contribution >= 0.6 is 0 Å². The van der Waals surface area contributed by atoms with Gasteiger partial charge in [-0.2, -0.15) is 43.9 Å². The lowest BCUT2D eigenvalue weighted by molar-refractivity contribution is -0.376. The molecule has 3 nitrogen and oxygen atoms in total. The minimum Gasteiger partial charge on any atom is -0.376 e. The first-order valence-electron chi connectivity index (χ1n) is 11.8. The van der Waals surface area contributed by atoms with Gasteiger partial charge in [0.05, 0.1) is 0 Å². The average molecular weight is 644 g/mol. The Morgan fingerprint density at radius 1 is 0.659 bits per heavy atom. The molecule has 0 amide bonds. The maximum atomic E-state index is 14.6. The predicted molar refractivity (Wildman–Crippen MR) is 108 cm³/mol. The molecule has 0 aliphatic heterocycles. The molecule has 0 aromatic heterocycles. The maximum Gasteiger partial charge on any atom is 0.423 e. The van der Waals surface area contributed by atoms with E-state index >= 15 is 0 Å². The van der Waals surface area contributed by atoms with E-state index in [4.69, 9.17) is 5.11 Å². The molecule has 2 rings (SSSR count). The van der Waals surface area contributed by atoms with Crippen LogP contribution in [-0.4, -0.2) is 77.6 Å². The summed E-state index contributed by atoms with van der Waals surface area (Å²) >= 11 is 0. The largest absolute Gasteiger partial charge is 0.423 e. The quantitative estimate of drug-likeness (QED) is 0.225. The van der Waals surface area contributed by atoms with E-state index < -0.39 is 103 Å². The molecule has 0 aromatic carbocycles. The molecule has 0 radical (unpaired) electrons. The van der Waals surface area contributed by atoms with Crippen LogP contribution in [0, 0.1) is 11.8 Å². The van der Waals surface area contributed by atoms with Gasteiger partial charge in [-0.15, -0.1) is 0 Å². The number of hydrogen-bond donors (Lipinski definition) is 1. The summed E-state index contributed by atoms with van der Waals surface area (Å²) in [5.41, 5.74) is -18.6. The van der Waals surface area contributed by atoms with Crippen molar-refractivity contribution in [1.82, 2.24) is 0 Å². The average Bonchev–Trinajstić information content (AvgIpc) is 3.07. The molecule has 6 unspecified atom stereocenters. The van der Waals surface area contributed by atoms with Crippen molar-refractivity contribution >= 4 is 0 Å². The van der Waals surface area contributed by atoms with Crippen molar-refractivity contribution in [3.05, 3.63) is 0 Å². The second-order valence-electron chi connectivity index (χ2n) is 10.2. The molecule has 0 heterocycles. The topological polar surface area (TPSA) is 38.7 Å². The van der Waals surface area contributed by atoms with Gasteiger partial charge >= 0.3 is 24.2 Å². The van der Waals surface area contributed by atoms with Crippen LogP contribution in [0.25, 0.3) is 0 Å². The van der Waals surface area contributed by atoms with Crippen molar-refractivity contribution in [2.75, 3.05) is 13.9 Å². The summed E-state index contributed by atoms with van der Waals surface area (Å²) in [7, 11) is 0.867. The highest BCUT2D eigenvalue weighted by Crippen LogP contribution is 2.68. The SMILES string of the molecule is CCC1CC(O)(C(F)(F)F)C(F)(F)C1(F)C(C)(F)F.CCC1CC(OCOC)(C(F)(F)F)C(F)(F)C1(F)C(C)(F)F. The molecule has 1 N–H and O–H groups in total. The van der Waals surface area contributed by atoms with Crippen molar-refractivity contribution in [2.24, 2.45) is 11.8 Å². The van der Waals surface area contributed by atoms with E-state index in [0.29, 0.717) is 0 Å². The van der Waals surface area contributed by atoms with Gasteiger partial charge in [-0.25, -0.2) is 26.3 Å². The first-order chi connectivity index (χ1) is 17.9. The van der Waals surface area contributed by atoms with Crippen LogP contribution in [-0.2, 0) is 9.47 Å². The fourth-order valence-corrected chi connectivity index (χ4v) is 5.45. The van der Waals surface area contributed by atoms with Crippen LogP contribution in [0.1, 0.15) is 53.4 Å². The molecule has 2 saturated carbocycles. The normalized spacial score (nSPS) is 37.6. The highest BCUT2D eigenvalue weighted by Gasteiger charge is 2.90. The van der Waals surface area contributed by atoms with E-state index in [1.54, 1.807) is 0 Å². The van der Waals surface area contributed by atoms with Crippen LogP contribution in [0.4, 0.5) is 70.2 Å². The van der Waals surface area contributed by atoms with E-state index in [1.165, 1.54) is 0 Å². The van der Waals surface area contributed by atoms with Crippen LogP contribution in [0.15, 0.2) is 0 Å². The third-order valence-corrected chi connectivity index (χ3v) is 7.75. The third kappa shape index (κ3) is 5.06. The number of methoxy groups -OCH3 is 1. The Labute approximate surface area is 223 Å². The molecule has 2 fully saturated rings. The van der Waals surface area contributed by atoms with E-state index in [2.05, 4.69) is 9.47 Å². The molecule has 41 heavy (non-hydrogen) atoms. The standard InChI is InChI=1S/C12H16F8O2.C10H12F8O/c1-4-7-5-9(12(18,19)20,22-6-21-3)11(16,17)10(7,15)8(2,13)14;1-3-5-4-7(19,10(16,17)18)9(14,15)8(5,13)6(2,11)12/h7H,4-6H2,1-3H3;5,19H,3-4H2,1-2H3. The van der Waals surface area contributed by atoms with Crippen LogP contribution < -0.4 is 0 Å². The van der Waals surface area contributed by atoms with Gasteiger partial charge in [0.1, 0.15) is 6.79 Å². The highest BCUT2D eigenvalue weighted by atomic mass is 19.4. The van der Waals surface area contributed by atoms with Crippen molar-refractivity contribution in [3.63, 3.8) is 0 Å². The van der Waals surface area contributed by atoms with E-state index in [0.717, 1.165) is 21.0 Å². The first-order valence-corrected chi connectivity index (χ1v) is 11.8. The summed E-state index contributed by atoms with van der Waals surface area (Å²) in [6.07, 6.45) is -16.4. The van der Waals surface area contributed by atoms with Gasteiger partial charge in [-0.1, -0.05) is 13.8 Å². The fourth-order valence-electron chi connectivity index (χ4n) is 5.45. The minimum absolute atomic E-state index is 0.160. The summed E-state index contributed by atoms with van der Waals surface area (Å²) < 4.78 is 223. The summed E-state index contributed by atoms with van der Waals surface area (Å²) in [4.78, 5) is 0. The van der Waals surface area contributed by atoms with Crippen LogP contribution in [0.5, 0.6) is 0 Å². The second-order valence-corrected chi connectivity index (χ2v) is 10.2. The monoisotopic (exact) mass is 644 g/mol. The van der Waals surface area contributed by atoms with Gasteiger partial charge in [0.15, 0.2) is 0 Å². The first kappa shape index (κ1) is 37.8. The Balaban J connectivity index is 0.000000414. The second kappa shape index (κ2) is 10.7. The Hall–Kier alpha value is -1.24. The van der Waals surface area contributed by atoms with Crippen molar-refractivity contribution < 1.29 is 84.8 Å². The zero-order valence-corrected chi connectivity index (χ0v) is 22.0. The van der Waals surface area contributed by atoms with Gasteiger partial charge in [-0.05, 0) is 25.7 Å². The summed E-state index contributed by atoms with van der Waals surface area (Å²) in [6, 6.07) is 0. The highest BCUT2D eigenvalue weighted by molar-refractivity contribution is 5.24. The van der Waals surface area contributed by atoms with Gasteiger partial charge in [0.25, 0.3) is 11.8 Å². The number of alkyl halides is 16. The van der Waals surface area contributed by atoms with Crippen molar-refractivity contribution in [2.45, 2.75) is 112 Å². The lowest BCUT2D eigenvalue weighted by Crippen LogP contribution is -2.67. The van der Waals surface area contributed by atoms with Crippen molar-refractivity contribution in [3.8, 4) is 0 Å². The molecule has 0 saturated heterocycles. The Kier molecular flexibility index (Phi) is 9.89. The number of halogens is 16. The molecule has 0 aromatic rings. The molecular formula is C22H28F16O3. The third-order valence-electron chi connectivity index (χ3n) is 7.75. The predicted octanol–water partition coefficient (Wildman–Crippen LogP) is 8.05. The Bertz CT molecular complexity index is 910. The van der Waals surface area contributed by atoms with Crippen molar-refractivity contribution in [1.29, 1.82) is 0 Å². The van der Waals surface area contributed by atoms with Gasteiger partial charge in [0, 0.05) is 32.8 Å². The van der Waals surface area contributed by atoms with Gasteiger partial charge in [-0.3, -0.25) is 0 Å². The van der Waals surface area contributed by atoms with Crippen LogP contribution in [0.2, 0.25) is 0 Å². The van der Waals surface area contributed by atoms with E-state index in [-0.39, 0.29) is 13.8 Å². The summed E-state index contributed by atoms with van der Waals surface area (Å²) in [5.74, 6) is -25.1. The molecule has 2 aliphatic rings.